The van der Waals surface area contributed by atoms with E-state index >= 15 is 0 Å². The monoisotopic (exact) mass is 294 g/mol. The number of carboxylic acid groups (broad SMARTS) is 1. The van der Waals surface area contributed by atoms with Gasteiger partial charge in [-0.1, -0.05) is 26.2 Å². The summed E-state index contributed by atoms with van der Waals surface area (Å²) >= 11 is 0. The van der Waals surface area contributed by atoms with Crippen molar-refractivity contribution < 1.29 is 19.6 Å². The molecule has 21 heavy (non-hydrogen) atoms. The van der Waals surface area contributed by atoms with E-state index in [1.54, 1.807) is 0 Å². The van der Waals surface area contributed by atoms with Crippen LogP contribution >= 0.6 is 0 Å². The molecule has 1 aromatic rings. The van der Waals surface area contributed by atoms with Crippen molar-refractivity contribution in [1.29, 1.82) is 0 Å². The van der Waals surface area contributed by atoms with Gasteiger partial charge in [0.25, 0.3) is 5.69 Å². The van der Waals surface area contributed by atoms with E-state index in [0.29, 0.717) is 6.42 Å². The van der Waals surface area contributed by atoms with E-state index in [-0.39, 0.29) is 22.8 Å². The first-order chi connectivity index (χ1) is 9.95. The van der Waals surface area contributed by atoms with Crippen molar-refractivity contribution in [2.45, 2.75) is 39.0 Å². The third-order valence-corrected chi connectivity index (χ3v) is 2.98. The summed E-state index contributed by atoms with van der Waals surface area (Å²) in [7, 11) is 0. The van der Waals surface area contributed by atoms with Crippen LogP contribution in [0.15, 0.2) is 18.2 Å². The third-order valence-electron chi connectivity index (χ3n) is 2.98. The second-order valence-electron chi connectivity index (χ2n) is 4.65. The molecule has 0 fully saturated rings. The number of carbonyl (C=O) groups is 2. The van der Waals surface area contributed by atoms with E-state index in [0.717, 1.165) is 31.7 Å². The number of non-ortho nitro benzene ring substituents is 1. The average molecular weight is 294 g/mol. The molecule has 0 aliphatic rings. The molecular weight excluding hydrogens is 276 g/mol. The zero-order valence-electron chi connectivity index (χ0n) is 11.8. The molecule has 0 unspecified atom stereocenters. The minimum Gasteiger partial charge on any atom is -0.478 e. The number of rotatable bonds is 8. The van der Waals surface area contributed by atoms with Gasteiger partial charge in [0, 0.05) is 18.6 Å². The number of nitrogens with one attached hydrogen (secondary N) is 1. The Balaban J connectivity index is 2.76. The summed E-state index contributed by atoms with van der Waals surface area (Å²) in [5, 5.41) is 22.2. The van der Waals surface area contributed by atoms with Crippen LogP contribution in [-0.4, -0.2) is 21.9 Å². The van der Waals surface area contributed by atoms with E-state index in [1.165, 1.54) is 12.1 Å². The number of nitro groups is 1. The van der Waals surface area contributed by atoms with Crippen molar-refractivity contribution in [3.8, 4) is 0 Å². The molecule has 0 aliphatic carbocycles. The highest BCUT2D eigenvalue weighted by Crippen LogP contribution is 2.22. The van der Waals surface area contributed by atoms with Crippen LogP contribution in [0.4, 0.5) is 11.4 Å². The van der Waals surface area contributed by atoms with E-state index in [2.05, 4.69) is 12.2 Å². The van der Waals surface area contributed by atoms with Gasteiger partial charge in [-0.3, -0.25) is 14.9 Å². The smallest absolute Gasteiger partial charge is 0.338 e. The second-order valence-corrected chi connectivity index (χ2v) is 4.65. The normalized spacial score (nSPS) is 10.1. The predicted molar refractivity (Wildman–Crippen MR) is 77.4 cm³/mol. The Labute approximate surface area is 122 Å². The van der Waals surface area contributed by atoms with Crippen LogP contribution < -0.4 is 5.32 Å². The number of carbonyl (C=O) groups excluding carboxylic acids is 1. The SMILES string of the molecule is CCCCCCC(=O)Nc1ccc([N+](=O)[O-])cc1C(=O)O. The quantitative estimate of drug-likeness (QED) is 0.434. The van der Waals surface area contributed by atoms with Crippen molar-refractivity contribution in [3.63, 3.8) is 0 Å². The molecule has 0 heterocycles. The van der Waals surface area contributed by atoms with Gasteiger partial charge in [-0.05, 0) is 12.5 Å². The molecule has 114 valence electrons. The first-order valence-electron chi connectivity index (χ1n) is 6.77. The fourth-order valence-electron chi connectivity index (χ4n) is 1.86. The van der Waals surface area contributed by atoms with Gasteiger partial charge >= 0.3 is 5.97 Å². The molecule has 0 spiro atoms. The molecule has 0 bridgehead atoms. The Morgan fingerprint density at radius 2 is 2.00 bits per heavy atom. The molecule has 1 amide bonds. The van der Waals surface area contributed by atoms with E-state index in [1.807, 2.05) is 0 Å². The number of hydrogen-bond donors (Lipinski definition) is 2. The van der Waals surface area contributed by atoms with Crippen molar-refractivity contribution in [1.82, 2.24) is 0 Å². The fraction of sp³-hybridized carbons (Fsp3) is 0.429. The van der Waals surface area contributed by atoms with Gasteiger partial charge in [0.2, 0.25) is 5.91 Å². The Kier molecular flexibility index (Phi) is 6.32. The van der Waals surface area contributed by atoms with Crippen molar-refractivity contribution in [2.24, 2.45) is 0 Å². The summed E-state index contributed by atoms with van der Waals surface area (Å²) in [6.07, 6.45) is 4.08. The van der Waals surface area contributed by atoms with Gasteiger partial charge in [0.15, 0.2) is 0 Å². The number of nitrogens with zero attached hydrogens (tertiary/aromatic N) is 1. The highest BCUT2D eigenvalue weighted by Gasteiger charge is 2.17. The topological polar surface area (TPSA) is 110 Å². The molecule has 1 rings (SSSR count). The lowest BCUT2D eigenvalue weighted by Crippen LogP contribution is -2.14. The van der Waals surface area contributed by atoms with Crippen molar-refractivity contribution >= 4 is 23.3 Å². The van der Waals surface area contributed by atoms with Crippen LogP contribution in [0, 0.1) is 10.1 Å². The third kappa shape index (κ3) is 5.21. The molecule has 2 N–H and O–H groups in total. The van der Waals surface area contributed by atoms with Gasteiger partial charge in [0.1, 0.15) is 0 Å². The van der Waals surface area contributed by atoms with Gasteiger partial charge in [-0.25, -0.2) is 4.79 Å². The number of unbranched alkanes of at least 4 members (excludes halogenated alkanes) is 3. The highest BCUT2D eigenvalue weighted by atomic mass is 16.6. The zero-order chi connectivity index (χ0) is 15.8. The predicted octanol–water partition coefficient (Wildman–Crippen LogP) is 3.20. The lowest BCUT2D eigenvalue weighted by atomic mass is 10.1. The number of hydrogen-bond acceptors (Lipinski definition) is 4. The molecule has 0 aliphatic heterocycles. The summed E-state index contributed by atoms with van der Waals surface area (Å²) in [4.78, 5) is 32.8. The lowest BCUT2D eigenvalue weighted by molar-refractivity contribution is -0.384. The van der Waals surface area contributed by atoms with Gasteiger partial charge in [-0.15, -0.1) is 0 Å². The van der Waals surface area contributed by atoms with E-state index in [9.17, 15) is 19.7 Å². The summed E-state index contributed by atoms with van der Waals surface area (Å²) in [5.74, 6) is -1.61. The van der Waals surface area contributed by atoms with Crippen LogP contribution in [0.3, 0.4) is 0 Å². The Hall–Kier alpha value is -2.44. The molecule has 0 aromatic heterocycles. The first kappa shape index (κ1) is 16.6. The Bertz CT molecular complexity index is 542. The molecule has 0 saturated heterocycles. The standard InChI is InChI=1S/C14H18N2O5/c1-2-3-4-5-6-13(17)15-12-8-7-10(16(20)21)9-11(12)14(18)19/h7-9H,2-6H2,1H3,(H,15,17)(H,18,19). The van der Waals surface area contributed by atoms with Crippen LogP contribution in [-0.2, 0) is 4.79 Å². The number of carboxylic acids is 1. The van der Waals surface area contributed by atoms with Gasteiger partial charge in [-0.2, -0.15) is 0 Å². The molecule has 1 aromatic carbocycles. The maximum absolute atomic E-state index is 11.7. The Morgan fingerprint density at radius 3 is 2.57 bits per heavy atom. The molecule has 7 heteroatoms. The lowest BCUT2D eigenvalue weighted by Gasteiger charge is -2.08. The van der Waals surface area contributed by atoms with Crippen LogP contribution in [0.2, 0.25) is 0 Å². The fourth-order valence-corrected chi connectivity index (χ4v) is 1.86. The zero-order valence-corrected chi connectivity index (χ0v) is 11.8. The molecular formula is C14H18N2O5. The minimum atomic E-state index is -1.32. The van der Waals surface area contributed by atoms with E-state index in [4.69, 9.17) is 5.11 Å². The van der Waals surface area contributed by atoms with Crippen LogP contribution in [0.25, 0.3) is 0 Å². The number of benzene rings is 1. The van der Waals surface area contributed by atoms with E-state index < -0.39 is 10.9 Å². The minimum absolute atomic E-state index is 0.0774. The Morgan fingerprint density at radius 1 is 1.29 bits per heavy atom. The summed E-state index contributed by atoms with van der Waals surface area (Å²) in [6.45, 7) is 2.07. The van der Waals surface area contributed by atoms with Crippen LogP contribution in [0.5, 0.6) is 0 Å². The summed E-state index contributed by atoms with van der Waals surface area (Å²) < 4.78 is 0. The molecule has 7 nitrogen and oxygen atoms in total. The van der Waals surface area contributed by atoms with Gasteiger partial charge < -0.3 is 10.4 Å². The number of nitro benzene ring substituents is 1. The summed E-state index contributed by atoms with van der Waals surface area (Å²) in [5.41, 5.74) is -0.534. The summed E-state index contributed by atoms with van der Waals surface area (Å²) in [6, 6.07) is 3.35. The maximum Gasteiger partial charge on any atom is 0.338 e. The first-order valence-corrected chi connectivity index (χ1v) is 6.77. The number of amides is 1. The highest BCUT2D eigenvalue weighted by molar-refractivity contribution is 6.01. The average Bonchev–Trinajstić information content (AvgIpc) is 2.43. The number of anilines is 1. The molecule has 0 radical (unpaired) electrons. The van der Waals surface area contributed by atoms with Crippen molar-refractivity contribution in [2.75, 3.05) is 5.32 Å². The maximum atomic E-state index is 11.7. The van der Waals surface area contributed by atoms with Crippen molar-refractivity contribution in [3.05, 3.63) is 33.9 Å². The number of aromatic carboxylic acids is 1. The largest absolute Gasteiger partial charge is 0.478 e. The van der Waals surface area contributed by atoms with Gasteiger partial charge in [0.05, 0.1) is 16.2 Å². The second kappa shape index (κ2) is 7.98. The molecule has 0 saturated carbocycles. The van der Waals surface area contributed by atoms with Crippen LogP contribution in [0.1, 0.15) is 49.4 Å². The molecule has 0 atom stereocenters.